The lowest BCUT2D eigenvalue weighted by Gasteiger charge is -2.01. The Morgan fingerprint density at radius 2 is 2.42 bits per heavy atom. The van der Waals surface area contributed by atoms with E-state index in [0.29, 0.717) is 5.56 Å². The molecule has 1 rings (SSSR count). The second kappa shape index (κ2) is 3.53. The van der Waals surface area contributed by atoms with Crippen LogP contribution in [-0.2, 0) is 11.2 Å². The van der Waals surface area contributed by atoms with Crippen molar-refractivity contribution in [2.45, 2.75) is 6.42 Å². The Bertz CT molecular complexity index is 314. The smallest absolute Gasteiger partial charge is 0.307 e. The quantitative estimate of drug-likeness (QED) is 0.797. The minimum atomic E-state index is -0.915. The molecular weight excluding hydrogens is 224 g/mol. The molecule has 0 saturated carbocycles. The summed E-state index contributed by atoms with van der Waals surface area (Å²) in [7, 11) is 0. The highest BCUT2D eigenvalue weighted by Crippen LogP contribution is 2.15. The molecule has 0 bridgehead atoms. The fourth-order valence-corrected chi connectivity index (χ4v) is 1.17. The van der Waals surface area contributed by atoms with Crippen molar-refractivity contribution < 1.29 is 9.90 Å². The molecule has 0 aliphatic carbocycles. The molecule has 0 radical (unpaired) electrons. The van der Waals surface area contributed by atoms with E-state index >= 15 is 0 Å². The fourth-order valence-electron chi connectivity index (χ4n) is 0.796. The largest absolute Gasteiger partial charge is 0.481 e. The molecule has 0 aromatic carbocycles. The monoisotopic (exact) mass is 230 g/mol. The lowest BCUT2D eigenvalue weighted by molar-refractivity contribution is -0.136. The van der Waals surface area contributed by atoms with E-state index in [4.69, 9.17) is 10.8 Å². The molecule has 3 N–H and O–H groups in total. The van der Waals surface area contributed by atoms with Gasteiger partial charge >= 0.3 is 5.97 Å². The summed E-state index contributed by atoms with van der Waals surface area (Å²) in [5.41, 5.74) is 5.97. The van der Waals surface area contributed by atoms with Gasteiger partial charge in [-0.15, -0.1) is 0 Å². The van der Waals surface area contributed by atoms with Gasteiger partial charge in [0, 0.05) is 16.2 Å². The molecule has 0 fully saturated rings. The maximum atomic E-state index is 10.3. The number of nitrogens with two attached hydrogens (primary N) is 1. The Morgan fingerprint density at radius 3 is 3.00 bits per heavy atom. The van der Waals surface area contributed by atoms with Gasteiger partial charge in [0.25, 0.3) is 0 Å². The topological polar surface area (TPSA) is 76.2 Å². The number of nitrogens with zero attached hydrogens (tertiary/aromatic N) is 1. The molecule has 1 aromatic rings. The summed E-state index contributed by atoms with van der Waals surface area (Å²) in [6.45, 7) is 0. The van der Waals surface area contributed by atoms with Crippen molar-refractivity contribution in [3.63, 3.8) is 0 Å². The van der Waals surface area contributed by atoms with Crippen LogP contribution >= 0.6 is 15.9 Å². The molecule has 0 aliphatic heterocycles. The number of carboxylic acids is 1. The predicted octanol–water partition coefficient (Wildman–Crippen LogP) is 1.05. The van der Waals surface area contributed by atoms with E-state index in [2.05, 4.69) is 20.9 Å². The van der Waals surface area contributed by atoms with Crippen LogP contribution < -0.4 is 5.73 Å². The van der Waals surface area contributed by atoms with Crippen LogP contribution in [0.2, 0.25) is 0 Å². The van der Waals surface area contributed by atoms with E-state index < -0.39 is 5.97 Å². The fraction of sp³-hybridized carbons (Fsp3) is 0.143. The Labute approximate surface area is 77.5 Å². The molecule has 0 aliphatic rings. The van der Waals surface area contributed by atoms with E-state index in [0.717, 1.165) is 4.47 Å². The molecule has 0 atom stereocenters. The molecule has 0 amide bonds. The molecule has 12 heavy (non-hydrogen) atoms. The second-order valence-corrected chi connectivity index (χ2v) is 3.18. The normalized spacial score (nSPS) is 9.75. The average Bonchev–Trinajstić information content (AvgIpc) is 1.96. The van der Waals surface area contributed by atoms with E-state index in [1.54, 1.807) is 6.07 Å². The van der Waals surface area contributed by atoms with Crippen molar-refractivity contribution in [1.29, 1.82) is 0 Å². The summed E-state index contributed by atoms with van der Waals surface area (Å²) in [6, 6.07) is 1.65. The van der Waals surface area contributed by atoms with Crippen molar-refractivity contribution in [3.05, 3.63) is 22.3 Å². The first kappa shape index (κ1) is 8.99. The Hall–Kier alpha value is -1.10. The number of hydrogen-bond donors (Lipinski definition) is 2. The highest BCUT2D eigenvalue weighted by atomic mass is 79.9. The molecule has 0 saturated heterocycles. The number of aromatic nitrogens is 1. The molecule has 0 unspecified atom stereocenters. The van der Waals surface area contributed by atoms with E-state index in [1.807, 2.05) is 0 Å². The van der Waals surface area contributed by atoms with E-state index in [-0.39, 0.29) is 12.2 Å². The zero-order valence-corrected chi connectivity index (χ0v) is 7.71. The Morgan fingerprint density at radius 1 is 1.75 bits per heavy atom. The minimum absolute atomic E-state index is 0.0989. The summed E-state index contributed by atoms with van der Waals surface area (Å²) in [5.74, 6) is -0.651. The van der Waals surface area contributed by atoms with Gasteiger partial charge in [0.1, 0.15) is 5.82 Å². The average molecular weight is 231 g/mol. The first-order chi connectivity index (χ1) is 5.59. The van der Waals surface area contributed by atoms with Crippen molar-refractivity contribution in [2.75, 3.05) is 5.73 Å². The van der Waals surface area contributed by atoms with Gasteiger partial charge in [-0.1, -0.05) is 0 Å². The van der Waals surface area contributed by atoms with Gasteiger partial charge < -0.3 is 10.8 Å². The molecule has 1 heterocycles. The predicted molar refractivity (Wildman–Crippen MR) is 47.7 cm³/mol. The highest BCUT2D eigenvalue weighted by molar-refractivity contribution is 9.10. The molecule has 1 aromatic heterocycles. The number of anilines is 1. The number of nitrogen functional groups attached to an aromatic ring is 1. The number of hydrogen-bond acceptors (Lipinski definition) is 3. The van der Waals surface area contributed by atoms with Crippen molar-refractivity contribution >= 4 is 27.7 Å². The molecule has 64 valence electrons. The highest BCUT2D eigenvalue weighted by Gasteiger charge is 2.05. The summed E-state index contributed by atoms with van der Waals surface area (Å²) in [4.78, 5) is 14.1. The lowest BCUT2D eigenvalue weighted by Crippen LogP contribution is -2.04. The Kier molecular flexibility index (Phi) is 2.65. The summed E-state index contributed by atoms with van der Waals surface area (Å²) in [6.07, 6.45) is 1.43. The maximum absolute atomic E-state index is 10.3. The standard InChI is InChI=1S/C7H7BrN2O2/c8-5-1-4(2-6(11)12)7(9)10-3-5/h1,3H,2H2,(H2,9,10)(H,11,12). The molecule has 4 nitrogen and oxygen atoms in total. The maximum Gasteiger partial charge on any atom is 0.307 e. The van der Waals surface area contributed by atoms with Crippen LogP contribution in [0.15, 0.2) is 16.7 Å². The summed E-state index contributed by atoms with van der Waals surface area (Å²) < 4.78 is 0.730. The van der Waals surface area contributed by atoms with Crippen LogP contribution in [0.3, 0.4) is 0 Å². The zero-order chi connectivity index (χ0) is 9.14. The second-order valence-electron chi connectivity index (χ2n) is 2.27. The van der Waals surface area contributed by atoms with Crippen molar-refractivity contribution in [3.8, 4) is 0 Å². The van der Waals surface area contributed by atoms with Gasteiger partial charge in [-0.3, -0.25) is 4.79 Å². The van der Waals surface area contributed by atoms with Gasteiger partial charge in [0.2, 0.25) is 0 Å². The van der Waals surface area contributed by atoms with Crippen LogP contribution in [0.25, 0.3) is 0 Å². The van der Waals surface area contributed by atoms with Gasteiger partial charge in [-0.2, -0.15) is 0 Å². The summed E-state index contributed by atoms with van der Waals surface area (Å²) >= 11 is 3.18. The first-order valence-electron chi connectivity index (χ1n) is 3.21. The Balaban J connectivity index is 2.97. The third-order valence-electron chi connectivity index (χ3n) is 1.31. The number of halogens is 1. The van der Waals surface area contributed by atoms with Gasteiger partial charge in [-0.05, 0) is 22.0 Å². The van der Waals surface area contributed by atoms with Crippen LogP contribution in [0.5, 0.6) is 0 Å². The lowest BCUT2D eigenvalue weighted by atomic mass is 10.2. The van der Waals surface area contributed by atoms with Crippen LogP contribution in [0, 0.1) is 0 Å². The molecule has 0 spiro atoms. The van der Waals surface area contributed by atoms with Crippen molar-refractivity contribution in [1.82, 2.24) is 4.98 Å². The number of rotatable bonds is 2. The third-order valence-corrected chi connectivity index (χ3v) is 1.74. The van der Waals surface area contributed by atoms with E-state index in [9.17, 15) is 4.79 Å². The SMILES string of the molecule is Nc1ncc(Br)cc1CC(=O)O. The number of pyridine rings is 1. The number of carboxylic acid groups (broad SMARTS) is 1. The van der Waals surface area contributed by atoms with Gasteiger partial charge in [0.05, 0.1) is 6.42 Å². The van der Waals surface area contributed by atoms with Gasteiger partial charge in [-0.25, -0.2) is 4.98 Å². The molecule has 5 heteroatoms. The minimum Gasteiger partial charge on any atom is -0.481 e. The van der Waals surface area contributed by atoms with Crippen LogP contribution in [0.1, 0.15) is 5.56 Å². The van der Waals surface area contributed by atoms with Crippen LogP contribution in [0.4, 0.5) is 5.82 Å². The summed E-state index contributed by atoms with van der Waals surface area (Å²) in [5, 5.41) is 8.48. The number of carbonyl (C=O) groups is 1. The third kappa shape index (κ3) is 2.20. The zero-order valence-electron chi connectivity index (χ0n) is 6.12. The first-order valence-corrected chi connectivity index (χ1v) is 4.00. The molecular formula is C7H7BrN2O2. The number of aliphatic carboxylic acids is 1. The van der Waals surface area contributed by atoms with Crippen molar-refractivity contribution in [2.24, 2.45) is 0 Å². The van der Waals surface area contributed by atoms with Crippen LogP contribution in [-0.4, -0.2) is 16.1 Å². The van der Waals surface area contributed by atoms with Gasteiger partial charge in [0.15, 0.2) is 0 Å². The van der Waals surface area contributed by atoms with E-state index in [1.165, 1.54) is 6.20 Å².